The van der Waals surface area contributed by atoms with Gasteiger partial charge < -0.3 is 16.4 Å². The molecule has 4 N–H and O–H groups in total. The van der Waals surface area contributed by atoms with Crippen LogP contribution in [0.3, 0.4) is 0 Å². The second kappa shape index (κ2) is 8.21. The van der Waals surface area contributed by atoms with Gasteiger partial charge >= 0.3 is 0 Å². The molecule has 0 bridgehead atoms. The van der Waals surface area contributed by atoms with E-state index in [0.717, 1.165) is 6.42 Å². The van der Waals surface area contributed by atoms with Crippen LogP contribution in [-0.2, 0) is 4.79 Å². The Morgan fingerprint density at radius 2 is 1.95 bits per heavy atom. The van der Waals surface area contributed by atoms with Gasteiger partial charge in [0.1, 0.15) is 0 Å². The summed E-state index contributed by atoms with van der Waals surface area (Å²) in [7, 11) is 0. The number of carbonyl (C=O) groups is 2. The first kappa shape index (κ1) is 16.9. The van der Waals surface area contributed by atoms with E-state index in [0.29, 0.717) is 17.8 Å². The normalized spacial score (nSPS) is 13.1. The van der Waals surface area contributed by atoms with Crippen LogP contribution in [0, 0.1) is 5.92 Å². The van der Waals surface area contributed by atoms with Crippen LogP contribution < -0.4 is 16.4 Å². The van der Waals surface area contributed by atoms with Crippen molar-refractivity contribution >= 4 is 17.5 Å². The highest BCUT2D eigenvalue weighted by molar-refractivity contribution is 5.97. The maximum atomic E-state index is 11.9. The highest BCUT2D eigenvalue weighted by Crippen LogP contribution is 2.12. The maximum absolute atomic E-state index is 11.9. The van der Waals surface area contributed by atoms with Gasteiger partial charge in [-0.15, -0.1) is 6.58 Å². The Kier molecular flexibility index (Phi) is 6.62. The van der Waals surface area contributed by atoms with Crippen LogP contribution in [0.1, 0.15) is 30.6 Å². The van der Waals surface area contributed by atoms with Gasteiger partial charge in [0.2, 0.25) is 5.91 Å². The molecule has 0 spiro atoms. The number of hydrogen-bond acceptors (Lipinski definition) is 3. The first-order chi connectivity index (χ1) is 9.99. The van der Waals surface area contributed by atoms with Crippen molar-refractivity contribution in [2.45, 2.75) is 26.3 Å². The van der Waals surface area contributed by atoms with Gasteiger partial charge in [-0.25, -0.2) is 0 Å². The van der Waals surface area contributed by atoms with Crippen molar-refractivity contribution in [1.29, 1.82) is 0 Å². The molecular formula is C16H23N3O2. The molecule has 0 aliphatic heterocycles. The zero-order valence-corrected chi connectivity index (χ0v) is 12.6. The van der Waals surface area contributed by atoms with Crippen molar-refractivity contribution in [3.8, 4) is 0 Å². The molecule has 0 unspecified atom stereocenters. The minimum absolute atomic E-state index is 0.119. The predicted molar refractivity (Wildman–Crippen MR) is 85.0 cm³/mol. The molecule has 0 fully saturated rings. The van der Waals surface area contributed by atoms with Gasteiger partial charge in [-0.2, -0.15) is 0 Å². The molecule has 1 rings (SSSR count). The number of benzene rings is 1. The van der Waals surface area contributed by atoms with Crippen molar-refractivity contribution in [3.05, 3.63) is 42.5 Å². The Labute approximate surface area is 125 Å². The topological polar surface area (TPSA) is 84.2 Å². The van der Waals surface area contributed by atoms with Gasteiger partial charge in [0.25, 0.3) is 5.91 Å². The van der Waals surface area contributed by atoms with Crippen LogP contribution in [0.25, 0.3) is 0 Å². The number of nitrogens with one attached hydrogen (secondary N) is 2. The lowest BCUT2D eigenvalue weighted by Crippen LogP contribution is -2.40. The monoisotopic (exact) mass is 289 g/mol. The Morgan fingerprint density at radius 1 is 1.33 bits per heavy atom. The fourth-order valence-electron chi connectivity index (χ4n) is 1.71. The molecule has 0 aliphatic carbocycles. The van der Waals surface area contributed by atoms with Gasteiger partial charge in [-0.05, 0) is 30.2 Å². The Balaban J connectivity index is 2.64. The summed E-state index contributed by atoms with van der Waals surface area (Å²) in [6, 6.07) is 6.14. The molecule has 1 aromatic carbocycles. The summed E-state index contributed by atoms with van der Waals surface area (Å²) in [5.74, 6) is -0.272. The zero-order chi connectivity index (χ0) is 15.8. The molecule has 2 amide bonds. The summed E-state index contributed by atoms with van der Waals surface area (Å²) in [6.45, 7) is 7.89. The third-order valence-electron chi connectivity index (χ3n) is 3.38. The smallest absolute Gasteiger partial charge is 0.251 e. The summed E-state index contributed by atoms with van der Waals surface area (Å²) in [4.78, 5) is 23.7. The molecule has 0 aromatic heterocycles. The van der Waals surface area contributed by atoms with Gasteiger partial charge in [0.15, 0.2) is 0 Å². The van der Waals surface area contributed by atoms with Crippen LogP contribution in [0.5, 0.6) is 0 Å². The summed E-state index contributed by atoms with van der Waals surface area (Å²) in [6.07, 6.45) is 2.46. The maximum Gasteiger partial charge on any atom is 0.251 e. The van der Waals surface area contributed by atoms with Gasteiger partial charge in [-0.3, -0.25) is 9.59 Å². The lowest BCUT2D eigenvalue weighted by Gasteiger charge is -2.17. The summed E-state index contributed by atoms with van der Waals surface area (Å²) in [5.41, 5.74) is 7.02. The number of rotatable bonds is 7. The van der Waals surface area contributed by atoms with E-state index in [4.69, 9.17) is 5.73 Å². The van der Waals surface area contributed by atoms with Crippen molar-refractivity contribution in [2.75, 3.05) is 11.9 Å². The van der Waals surface area contributed by atoms with E-state index in [1.807, 2.05) is 13.8 Å². The third kappa shape index (κ3) is 5.04. The Morgan fingerprint density at radius 3 is 2.48 bits per heavy atom. The van der Waals surface area contributed by atoms with Crippen LogP contribution in [0.4, 0.5) is 5.69 Å². The summed E-state index contributed by atoms with van der Waals surface area (Å²) < 4.78 is 0. The molecule has 0 aliphatic rings. The quantitative estimate of drug-likeness (QED) is 0.670. The van der Waals surface area contributed by atoms with Gasteiger partial charge in [0, 0.05) is 17.8 Å². The standard InChI is InChI=1S/C16H23N3O2/c1-4-10-18-15(20)12-6-8-13(9-7-12)19-16(21)14(17)11(3)5-2/h4,6-9,11,14H,1,5,10,17H2,2-3H3,(H,18,20)(H,19,21)/t11-,14-/m0/s1. The van der Waals surface area contributed by atoms with E-state index in [1.54, 1.807) is 30.3 Å². The Hall–Kier alpha value is -2.14. The molecule has 5 nitrogen and oxygen atoms in total. The lowest BCUT2D eigenvalue weighted by atomic mass is 9.99. The lowest BCUT2D eigenvalue weighted by molar-refractivity contribution is -0.118. The SMILES string of the molecule is C=CCNC(=O)c1ccc(NC(=O)[C@@H](N)[C@@H](C)CC)cc1. The minimum atomic E-state index is -0.537. The number of carbonyl (C=O) groups excluding carboxylic acids is 2. The largest absolute Gasteiger partial charge is 0.349 e. The van der Waals surface area contributed by atoms with Gasteiger partial charge in [-0.1, -0.05) is 26.3 Å². The van der Waals surface area contributed by atoms with Crippen LogP contribution in [0.2, 0.25) is 0 Å². The Bertz CT molecular complexity index is 497. The molecular weight excluding hydrogens is 266 g/mol. The van der Waals surface area contributed by atoms with Crippen molar-refractivity contribution in [2.24, 2.45) is 11.7 Å². The predicted octanol–water partition coefficient (Wildman–Crippen LogP) is 1.91. The summed E-state index contributed by atoms with van der Waals surface area (Å²) >= 11 is 0. The van der Waals surface area contributed by atoms with Crippen molar-refractivity contribution in [1.82, 2.24) is 5.32 Å². The van der Waals surface area contributed by atoms with E-state index in [9.17, 15) is 9.59 Å². The fourth-order valence-corrected chi connectivity index (χ4v) is 1.71. The zero-order valence-electron chi connectivity index (χ0n) is 12.6. The summed E-state index contributed by atoms with van der Waals surface area (Å²) in [5, 5.41) is 5.44. The average Bonchev–Trinajstić information content (AvgIpc) is 2.51. The van der Waals surface area contributed by atoms with E-state index in [1.165, 1.54) is 0 Å². The van der Waals surface area contributed by atoms with Crippen molar-refractivity contribution < 1.29 is 9.59 Å². The van der Waals surface area contributed by atoms with Crippen LogP contribution in [-0.4, -0.2) is 24.4 Å². The fraction of sp³-hybridized carbons (Fsp3) is 0.375. The second-order valence-corrected chi connectivity index (χ2v) is 4.98. The first-order valence-electron chi connectivity index (χ1n) is 7.05. The average molecular weight is 289 g/mol. The first-order valence-corrected chi connectivity index (χ1v) is 7.05. The number of anilines is 1. The number of nitrogens with two attached hydrogens (primary N) is 1. The molecule has 5 heteroatoms. The molecule has 0 saturated heterocycles. The van der Waals surface area contributed by atoms with Crippen molar-refractivity contribution in [3.63, 3.8) is 0 Å². The van der Waals surface area contributed by atoms with Crippen LogP contribution in [0.15, 0.2) is 36.9 Å². The molecule has 1 aromatic rings. The van der Waals surface area contributed by atoms with E-state index in [-0.39, 0.29) is 17.7 Å². The molecule has 0 radical (unpaired) electrons. The number of amides is 2. The highest BCUT2D eigenvalue weighted by atomic mass is 16.2. The molecule has 2 atom stereocenters. The molecule has 0 saturated carbocycles. The molecule has 21 heavy (non-hydrogen) atoms. The van der Waals surface area contributed by atoms with E-state index >= 15 is 0 Å². The molecule has 114 valence electrons. The van der Waals surface area contributed by atoms with E-state index in [2.05, 4.69) is 17.2 Å². The molecule has 0 heterocycles. The second-order valence-electron chi connectivity index (χ2n) is 4.98. The number of hydrogen-bond donors (Lipinski definition) is 3. The third-order valence-corrected chi connectivity index (χ3v) is 3.38. The van der Waals surface area contributed by atoms with E-state index < -0.39 is 6.04 Å². The van der Waals surface area contributed by atoms with Gasteiger partial charge in [0.05, 0.1) is 6.04 Å². The van der Waals surface area contributed by atoms with Crippen LogP contribution >= 0.6 is 0 Å². The minimum Gasteiger partial charge on any atom is -0.349 e. The highest BCUT2D eigenvalue weighted by Gasteiger charge is 2.19.